The molecule has 0 spiro atoms. The van der Waals surface area contributed by atoms with Crippen molar-refractivity contribution >= 4 is 11.8 Å². The zero-order valence-corrected chi connectivity index (χ0v) is 4.62. The maximum atomic E-state index is 8.76. The SMILES string of the molecule is Oc1[nH]c(O)c2c1S2. The number of fused-ring (bicyclic) bond motifs is 1. The highest BCUT2D eigenvalue weighted by Crippen LogP contribution is 2.58. The third kappa shape index (κ3) is 0.315. The standard InChI is InChI=1S/C4H3NO2S/c6-3-1-2(8-1)4(7)5-3/h5-7H. The summed E-state index contributed by atoms with van der Waals surface area (Å²) in [6.07, 6.45) is 0. The lowest BCUT2D eigenvalue weighted by atomic mass is 10.6. The van der Waals surface area contributed by atoms with E-state index in [9.17, 15) is 0 Å². The molecule has 1 aliphatic heterocycles. The van der Waals surface area contributed by atoms with Gasteiger partial charge in [-0.2, -0.15) is 0 Å². The van der Waals surface area contributed by atoms with Gasteiger partial charge in [0, 0.05) is 0 Å². The number of nitrogens with one attached hydrogen (secondary N) is 1. The maximum absolute atomic E-state index is 8.76. The summed E-state index contributed by atoms with van der Waals surface area (Å²) < 4.78 is 0. The summed E-state index contributed by atoms with van der Waals surface area (Å²) in [5.74, 6) is 0.171. The predicted molar refractivity (Wildman–Crippen MR) is 28.2 cm³/mol. The zero-order valence-electron chi connectivity index (χ0n) is 3.80. The third-order valence-electron chi connectivity index (χ3n) is 1.04. The van der Waals surface area contributed by atoms with Gasteiger partial charge in [0.05, 0.1) is 9.79 Å². The van der Waals surface area contributed by atoms with Crippen LogP contribution in [0.3, 0.4) is 0 Å². The van der Waals surface area contributed by atoms with Crippen molar-refractivity contribution in [1.29, 1.82) is 0 Å². The fraction of sp³-hybridized carbons (Fsp3) is 0. The van der Waals surface area contributed by atoms with Crippen molar-refractivity contribution < 1.29 is 10.2 Å². The molecule has 0 atom stereocenters. The van der Waals surface area contributed by atoms with Crippen LogP contribution in [0.25, 0.3) is 0 Å². The minimum atomic E-state index is 0.0856. The largest absolute Gasteiger partial charge is 0.494 e. The molecule has 42 valence electrons. The van der Waals surface area contributed by atoms with Gasteiger partial charge in [-0.05, 0) is 0 Å². The molecule has 2 rings (SSSR count). The fourth-order valence-electron chi connectivity index (χ4n) is 0.614. The number of aromatic amines is 1. The second kappa shape index (κ2) is 0.974. The highest BCUT2D eigenvalue weighted by Gasteiger charge is 2.30. The van der Waals surface area contributed by atoms with Gasteiger partial charge < -0.3 is 10.2 Å². The van der Waals surface area contributed by atoms with Crippen LogP contribution in [0.4, 0.5) is 0 Å². The summed E-state index contributed by atoms with van der Waals surface area (Å²) in [5, 5.41) is 17.5. The molecular weight excluding hydrogens is 126 g/mol. The van der Waals surface area contributed by atoms with Crippen molar-refractivity contribution in [3.8, 4) is 11.8 Å². The first-order valence-corrected chi connectivity index (χ1v) is 2.92. The van der Waals surface area contributed by atoms with E-state index >= 15 is 0 Å². The minimum Gasteiger partial charge on any atom is -0.494 e. The van der Waals surface area contributed by atoms with Crippen LogP contribution in [0.2, 0.25) is 0 Å². The molecule has 0 bridgehead atoms. The van der Waals surface area contributed by atoms with Crippen molar-refractivity contribution in [2.45, 2.75) is 9.79 Å². The quantitative estimate of drug-likeness (QED) is 0.463. The van der Waals surface area contributed by atoms with Gasteiger partial charge in [0.1, 0.15) is 0 Å². The van der Waals surface area contributed by atoms with Gasteiger partial charge in [0.2, 0.25) is 11.8 Å². The van der Waals surface area contributed by atoms with Gasteiger partial charge in [-0.3, -0.25) is 4.98 Å². The maximum Gasteiger partial charge on any atom is 0.206 e. The molecule has 1 aliphatic rings. The van der Waals surface area contributed by atoms with Crippen LogP contribution < -0.4 is 0 Å². The molecule has 0 fully saturated rings. The minimum absolute atomic E-state index is 0.0856. The predicted octanol–water partition coefficient (Wildman–Crippen LogP) is 0.890. The topological polar surface area (TPSA) is 56.2 Å². The lowest BCUT2D eigenvalue weighted by Crippen LogP contribution is -1.62. The molecule has 3 nitrogen and oxygen atoms in total. The van der Waals surface area contributed by atoms with Gasteiger partial charge in [-0.1, -0.05) is 11.8 Å². The molecule has 1 aromatic rings. The molecule has 0 radical (unpaired) electrons. The van der Waals surface area contributed by atoms with Crippen LogP contribution in [-0.2, 0) is 0 Å². The molecule has 0 saturated carbocycles. The Hall–Kier alpha value is -0.770. The Morgan fingerprint density at radius 1 is 1.12 bits per heavy atom. The molecule has 0 aliphatic carbocycles. The third-order valence-corrected chi connectivity index (χ3v) is 2.03. The molecule has 4 heteroatoms. The lowest BCUT2D eigenvalue weighted by molar-refractivity contribution is 0.417. The van der Waals surface area contributed by atoms with Gasteiger partial charge in [0.25, 0.3) is 0 Å². The molecule has 8 heavy (non-hydrogen) atoms. The number of hydrogen-bond donors (Lipinski definition) is 3. The molecule has 1 aromatic heterocycles. The van der Waals surface area contributed by atoms with Crippen molar-refractivity contribution in [3.63, 3.8) is 0 Å². The van der Waals surface area contributed by atoms with Crippen LogP contribution >= 0.6 is 11.8 Å². The van der Waals surface area contributed by atoms with Crippen LogP contribution in [0, 0.1) is 0 Å². The molecule has 0 amide bonds. The average molecular weight is 129 g/mol. The molecule has 3 N–H and O–H groups in total. The van der Waals surface area contributed by atoms with Gasteiger partial charge >= 0.3 is 0 Å². The number of H-pyrrole nitrogens is 1. The summed E-state index contributed by atoms with van der Waals surface area (Å²) in [6.45, 7) is 0. The van der Waals surface area contributed by atoms with Crippen LogP contribution in [-0.4, -0.2) is 15.2 Å². The Kier molecular flexibility index (Phi) is 0.504. The van der Waals surface area contributed by atoms with Crippen molar-refractivity contribution in [2.75, 3.05) is 0 Å². The summed E-state index contributed by atoms with van der Waals surface area (Å²) in [5.41, 5.74) is 0. The van der Waals surface area contributed by atoms with Crippen molar-refractivity contribution in [3.05, 3.63) is 0 Å². The van der Waals surface area contributed by atoms with E-state index in [0.29, 0.717) is 0 Å². The smallest absolute Gasteiger partial charge is 0.206 e. The van der Waals surface area contributed by atoms with Crippen LogP contribution in [0.5, 0.6) is 11.8 Å². The van der Waals surface area contributed by atoms with Crippen LogP contribution in [0.1, 0.15) is 0 Å². The Bertz CT molecular complexity index is 213. The first-order chi connectivity index (χ1) is 3.79. The molecule has 0 aromatic carbocycles. The van der Waals surface area contributed by atoms with Gasteiger partial charge in [-0.15, -0.1) is 0 Å². The second-order valence-corrected chi connectivity index (χ2v) is 2.60. The van der Waals surface area contributed by atoms with Gasteiger partial charge in [0.15, 0.2) is 0 Å². The fourth-order valence-corrected chi connectivity index (χ4v) is 1.26. The Labute approximate surface area is 49.3 Å². The Morgan fingerprint density at radius 3 is 1.75 bits per heavy atom. The van der Waals surface area contributed by atoms with E-state index in [0.717, 1.165) is 9.79 Å². The number of aromatic hydroxyl groups is 2. The van der Waals surface area contributed by atoms with E-state index in [2.05, 4.69) is 4.98 Å². The highest BCUT2D eigenvalue weighted by atomic mass is 32.2. The first-order valence-electron chi connectivity index (χ1n) is 2.11. The number of hydrogen-bond acceptors (Lipinski definition) is 3. The van der Waals surface area contributed by atoms with E-state index in [4.69, 9.17) is 10.2 Å². The molecular formula is C4H3NO2S. The van der Waals surface area contributed by atoms with E-state index in [1.165, 1.54) is 11.8 Å². The summed E-state index contributed by atoms with van der Waals surface area (Å²) in [7, 11) is 0. The average Bonchev–Trinajstić information content (AvgIpc) is 2.35. The highest BCUT2D eigenvalue weighted by molar-refractivity contribution is 8.05. The number of aromatic nitrogens is 1. The normalized spacial score (nSPS) is 13.5. The van der Waals surface area contributed by atoms with E-state index in [1.807, 2.05) is 0 Å². The summed E-state index contributed by atoms with van der Waals surface area (Å²) in [4.78, 5) is 3.93. The monoisotopic (exact) mass is 129 g/mol. The van der Waals surface area contributed by atoms with E-state index in [1.54, 1.807) is 0 Å². The second-order valence-electron chi connectivity index (χ2n) is 1.58. The van der Waals surface area contributed by atoms with E-state index < -0.39 is 0 Å². The van der Waals surface area contributed by atoms with Gasteiger partial charge in [-0.25, -0.2) is 0 Å². The first kappa shape index (κ1) is 4.14. The van der Waals surface area contributed by atoms with Crippen molar-refractivity contribution in [1.82, 2.24) is 4.98 Å². The Morgan fingerprint density at radius 2 is 1.62 bits per heavy atom. The van der Waals surface area contributed by atoms with E-state index in [-0.39, 0.29) is 11.8 Å². The number of rotatable bonds is 0. The lowest BCUT2D eigenvalue weighted by Gasteiger charge is -1.83. The zero-order chi connectivity index (χ0) is 5.72. The Balaban J connectivity index is 2.71. The van der Waals surface area contributed by atoms with Crippen LogP contribution in [0.15, 0.2) is 9.79 Å². The van der Waals surface area contributed by atoms with Crippen molar-refractivity contribution in [2.24, 2.45) is 0 Å². The molecule has 0 unspecified atom stereocenters. The molecule has 0 saturated heterocycles. The molecule has 2 heterocycles. The summed E-state index contributed by atoms with van der Waals surface area (Å²) in [6, 6.07) is 0. The summed E-state index contributed by atoms with van der Waals surface area (Å²) >= 11 is 1.39.